The van der Waals surface area contributed by atoms with Crippen molar-refractivity contribution in [2.45, 2.75) is 32.7 Å². The predicted octanol–water partition coefficient (Wildman–Crippen LogP) is 1.75. The normalized spacial score (nSPS) is 12.6. The summed E-state index contributed by atoms with van der Waals surface area (Å²) in [6.07, 6.45) is 3.75. The second-order valence-corrected chi connectivity index (χ2v) is 3.55. The molecule has 0 saturated carbocycles. The van der Waals surface area contributed by atoms with Gasteiger partial charge in [0, 0.05) is 6.54 Å². The van der Waals surface area contributed by atoms with Gasteiger partial charge in [0.25, 0.3) is 0 Å². The van der Waals surface area contributed by atoms with Crippen molar-refractivity contribution in [1.82, 2.24) is 5.32 Å². The van der Waals surface area contributed by atoms with Crippen molar-refractivity contribution >= 4 is 5.97 Å². The quantitative estimate of drug-likeness (QED) is 0.355. The van der Waals surface area contributed by atoms with Gasteiger partial charge in [0.2, 0.25) is 0 Å². The maximum atomic E-state index is 11.3. The lowest BCUT2D eigenvalue weighted by atomic mass is 10.0. The van der Waals surface area contributed by atoms with Crippen molar-refractivity contribution < 1.29 is 9.53 Å². The van der Waals surface area contributed by atoms with Gasteiger partial charge in [-0.2, -0.15) is 0 Å². The fraction of sp³-hybridized carbons (Fsp3) is 0.727. The first kappa shape index (κ1) is 13.2. The zero-order valence-electron chi connectivity index (χ0n) is 9.32. The average molecular weight is 198 g/mol. The van der Waals surface area contributed by atoms with Crippen molar-refractivity contribution in [3.63, 3.8) is 0 Å². The van der Waals surface area contributed by atoms with Crippen LogP contribution in [0.15, 0.2) is 12.7 Å². The highest BCUT2D eigenvalue weighted by atomic mass is 16.5. The molecular formula is C11H20NO2. The van der Waals surface area contributed by atoms with Crippen molar-refractivity contribution in [2.24, 2.45) is 5.92 Å². The van der Waals surface area contributed by atoms with Gasteiger partial charge in [-0.1, -0.05) is 19.9 Å². The summed E-state index contributed by atoms with van der Waals surface area (Å²) in [4.78, 5) is 11.3. The molecule has 0 aliphatic rings. The first-order valence-electron chi connectivity index (χ1n) is 4.98. The van der Waals surface area contributed by atoms with Crippen LogP contribution in [0.4, 0.5) is 0 Å². The van der Waals surface area contributed by atoms with Gasteiger partial charge in [0.05, 0.1) is 7.11 Å². The molecular weight excluding hydrogens is 178 g/mol. The number of nitrogens with zero attached hydrogens (tertiary/aromatic N) is 1. The molecule has 0 aromatic carbocycles. The smallest absolute Gasteiger partial charge is 0.324 e. The Labute approximate surface area is 86.5 Å². The number of methoxy groups -OCH3 is 1. The largest absolute Gasteiger partial charge is 0.468 e. The lowest BCUT2D eigenvalue weighted by molar-refractivity contribution is -0.144. The minimum Gasteiger partial charge on any atom is -0.468 e. The molecule has 0 aliphatic heterocycles. The van der Waals surface area contributed by atoms with E-state index in [1.54, 1.807) is 0 Å². The van der Waals surface area contributed by atoms with Gasteiger partial charge in [0.15, 0.2) is 0 Å². The van der Waals surface area contributed by atoms with E-state index < -0.39 is 0 Å². The Hall–Kier alpha value is -0.830. The minimum atomic E-state index is -0.315. The summed E-state index contributed by atoms with van der Waals surface area (Å²) in [6, 6.07) is -0.315. The zero-order valence-corrected chi connectivity index (χ0v) is 9.32. The predicted molar refractivity (Wildman–Crippen MR) is 57.1 cm³/mol. The molecule has 0 N–H and O–H groups in total. The van der Waals surface area contributed by atoms with Gasteiger partial charge in [-0.05, 0) is 18.8 Å². The van der Waals surface area contributed by atoms with E-state index in [1.165, 1.54) is 7.11 Å². The molecule has 0 aromatic rings. The summed E-state index contributed by atoms with van der Waals surface area (Å²) in [5.74, 6) is -0.0372. The van der Waals surface area contributed by atoms with E-state index in [-0.39, 0.29) is 17.9 Å². The van der Waals surface area contributed by atoms with Crippen molar-refractivity contribution in [3.05, 3.63) is 12.7 Å². The van der Waals surface area contributed by atoms with Crippen LogP contribution in [-0.4, -0.2) is 25.7 Å². The van der Waals surface area contributed by atoms with Crippen LogP contribution in [0.25, 0.3) is 0 Å². The number of allylic oxidation sites excluding steroid dienone is 1. The SMILES string of the molecule is C=CCCC[N][C@H](C(=O)OC)C(C)C. The summed E-state index contributed by atoms with van der Waals surface area (Å²) in [7, 11) is 1.40. The number of esters is 1. The summed E-state index contributed by atoms with van der Waals surface area (Å²) in [6.45, 7) is 8.27. The van der Waals surface area contributed by atoms with Crippen LogP contribution in [-0.2, 0) is 9.53 Å². The Morgan fingerprint density at radius 2 is 2.21 bits per heavy atom. The summed E-state index contributed by atoms with van der Waals surface area (Å²) < 4.78 is 4.68. The molecule has 0 unspecified atom stereocenters. The maximum absolute atomic E-state index is 11.3. The number of hydrogen-bond acceptors (Lipinski definition) is 2. The maximum Gasteiger partial charge on any atom is 0.324 e. The van der Waals surface area contributed by atoms with E-state index in [9.17, 15) is 4.79 Å². The number of carbonyl (C=O) groups is 1. The Bertz CT molecular complexity index is 178. The lowest BCUT2D eigenvalue weighted by Gasteiger charge is -2.17. The van der Waals surface area contributed by atoms with E-state index in [0.29, 0.717) is 6.54 Å². The molecule has 14 heavy (non-hydrogen) atoms. The molecule has 0 bridgehead atoms. The van der Waals surface area contributed by atoms with E-state index in [1.807, 2.05) is 19.9 Å². The number of unbranched alkanes of at least 4 members (excludes halogenated alkanes) is 1. The minimum absolute atomic E-state index is 0.200. The number of carbonyl (C=O) groups excluding carboxylic acids is 1. The van der Waals surface area contributed by atoms with Crippen LogP contribution in [0.3, 0.4) is 0 Å². The molecule has 1 atom stereocenters. The van der Waals surface area contributed by atoms with Crippen molar-refractivity contribution in [2.75, 3.05) is 13.7 Å². The Morgan fingerprint density at radius 3 is 2.64 bits per heavy atom. The molecule has 3 nitrogen and oxygen atoms in total. The van der Waals surface area contributed by atoms with Gasteiger partial charge in [0.1, 0.15) is 6.04 Å². The van der Waals surface area contributed by atoms with Crippen LogP contribution >= 0.6 is 0 Å². The topological polar surface area (TPSA) is 40.4 Å². The van der Waals surface area contributed by atoms with Crippen LogP contribution in [0.1, 0.15) is 26.7 Å². The Kier molecular flexibility index (Phi) is 7.11. The molecule has 81 valence electrons. The van der Waals surface area contributed by atoms with E-state index >= 15 is 0 Å². The second kappa shape index (κ2) is 7.56. The molecule has 0 spiro atoms. The third-order valence-corrected chi connectivity index (χ3v) is 1.97. The van der Waals surface area contributed by atoms with Crippen molar-refractivity contribution in [3.8, 4) is 0 Å². The second-order valence-electron chi connectivity index (χ2n) is 3.55. The molecule has 0 aromatic heterocycles. The molecule has 0 amide bonds. The number of ether oxygens (including phenoxy) is 1. The van der Waals surface area contributed by atoms with Gasteiger partial charge in [-0.25, -0.2) is 5.32 Å². The fourth-order valence-corrected chi connectivity index (χ4v) is 1.14. The first-order chi connectivity index (χ1) is 6.63. The number of hydrogen-bond donors (Lipinski definition) is 0. The summed E-state index contributed by atoms with van der Waals surface area (Å²) in [5.41, 5.74) is 0. The zero-order chi connectivity index (χ0) is 11.0. The molecule has 0 heterocycles. The van der Waals surface area contributed by atoms with Gasteiger partial charge in [-0.15, -0.1) is 6.58 Å². The van der Waals surface area contributed by atoms with Crippen LogP contribution in [0.2, 0.25) is 0 Å². The molecule has 3 heteroatoms. The highest BCUT2D eigenvalue weighted by Crippen LogP contribution is 2.05. The molecule has 1 radical (unpaired) electrons. The summed E-state index contributed by atoms with van der Waals surface area (Å²) in [5, 5.41) is 4.31. The Morgan fingerprint density at radius 1 is 1.57 bits per heavy atom. The highest BCUT2D eigenvalue weighted by Gasteiger charge is 2.22. The fourth-order valence-electron chi connectivity index (χ4n) is 1.14. The third kappa shape index (κ3) is 5.02. The number of rotatable bonds is 7. The summed E-state index contributed by atoms with van der Waals surface area (Å²) >= 11 is 0. The highest BCUT2D eigenvalue weighted by molar-refractivity contribution is 5.75. The molecule has 0 aliphatic carbocycles. The van der Waals surface area contributed by atoms with Gasteiger partial charge >= 0.3 is 5.97 Å². The van der Waals surface area contributed by atoms with E-state index in [2.05, 4.69) is 16.6 Å². The molecule has 0 saturated heterocycles. The molecule has 0 fully saturated rings. The van der Waals surface area contributed by atoms with E-state index in [0.717, 1.165) is 12.8 Å². The van der Waals surface area contributed by atoms with Gasteiger partial charge < -0.3 is 4.74 Å². The van der Waals surface area contributed by atoms with E-state index in [4.69, 9.17) is 0 Å². The van der Waals surface area contributed by atoms with Crippen LogP contribution in [0.5, 0.6) is 0 Å². The van der Waals surface area contributed by atoms with Crippen molar-refractivity contribution in [1.29, 1.82) is 0 Å². The third-order valence-electron chi connectivity index (χ3n) is 1.97. The van der Waals surface area contributed by atoms with Gasteiger partial charge in [-0.3, -0.25) is 4.79 Å². The Balaban J connectivity index is 3.85. The first-order valence-corrected chi connectivity index (χ1v) is 4.98. The standard InChI is InChI=1S/C11H20NO2/c1-5-6-7-8-12-10(9(2)3)11(13)14-4/h5,9-10H,1,6-8H2,2-4H3/t10-/m0/s1. The van der Waals surface area contributed by atoms with Crippen LogP contribution < -0.4 is 5.32 Å². The average Bonchev–Trinajstić information content (AvgIpc) is 2.16. The van der Waals surface area contributed by atoms with Crippen LogP contribution in [0, 0.1) is 5.92 Å². The monoisotopic (exact) mass is 198 g/mol. The molecule has 0 rings (SSSR count). The lowest BCUT2D eigenvalue weighted by Crippen LogP contribution is -2.37.